The fraction of sp³-hybridized carbons (Fsp3) is 0.951. The average Bonchev–Trinajstić information content (AvgIpc) is 3.69. The lowest BCUT2D eigenvalue weighted by atomic mass is 9.41. The van der Waals surface area contributed by atoms with Crippen molar-refractivity contribution in [1.82, 2.24) is 10.2 Å². The summed E-state index contributed by atoms with van der Waals surface area (Å²) in [6.07, 6.45) is 8.10. The van der Waals surface area contributed by atoms with Gasteiger partial charge in [0.2, 0.25) is 5.91 Å². The van der Waals surface area contributed by atoms with Crippen molar-refractivity contribution in [3.05, 3.63) is 0 Å². The van der Waals surface area contributed by atoms with Gasteiger partial charge in [0.15, 0.2) is 12.4 Å². The molecular weight excluding hydrogens is 648 g/mol. The summed E-state index contributed by atoms with van der Waals surface area (Å²) < 4.78 is 25.7. The van der Waals surface area contributed by atoms with Crippen LogP contribution in [-0.2, 0) is 28.5 Å². The Morgan fingerprint density at radius 1 is 1.06 bits per heavy atom. The highest BCUT2D eigenvalue weighted by Gasteiger charge is 2.84. The van der Waals surface area contributed by atoms with Crippen molar-refractivity contribution >= 4 is 11.9 Å². The van der Waals surface area contributed by atoms with Crippen LogP contribution in [0.4, 0.5) is 0 Å². The first-order chi connectivity index (χ1) is 23.9. The molecule has 9 unspecified atom stereocenters. The molecule has 5 saturated carbocycles. The van der Waals surface area contributed by atoms with E-state index < -0.39 is 29.9 Å². The molecule has 10 heteroatoms. The SMILES string of the molecule is CC(=O)OC(C1C[C@@H](C)[C@H]2C(O1)[C@H](O)[C@@]1(C)C3CC[C@H]4C(C)(C)C(O[C@H]5CN(C6CCCNC6=O)CCO5)CCC45CC35CCC21C)C(C)(C)O. The number of morpholine rings is 1. The number of ether oxygens (including phenoxy) is 4. The number of carbonyl (C=O) groups excluding carboxylic acids is 2. The molecule has 2 spiro atoms. The highest BCUT2D eigenvalue weighted by atomic mass is 16.7. The number of rotatable bonds is 6. The molecule has 3 N–H and O–H groups in total. The third-order valence-electron chi connectivity index (χ3n) is 17.2. The minimum atomic E-state index is -1.26. The Morgan fingerprint density at radius 2 is 1.78 bits per heavy atom. The van der Waals surface area contributed by atoms with Gasteiger partial charge in [-0.2, -0.15) is 0 Å². The highest BCUT2D eigenvalue weighted by Crippen LogP contribution is 2.89. The van der Waals surface area contributed by atoms with E-state index in [2.05, 4.69) is 44.8 Å². The monoisotopic (exact) mass is 714 g/mol. The Bertz CT molecular complexity index is 1400. The van der Waals surface area contributed by atoms with E-state index >= 15 is 0 Å². The number of piperidine rings is 1. The number of nitrogens with one attached hydrogen (secondary N) is 1. The van der Waals surface area contributed by atoms with Crippen LogP contribution in [0.25, 0.3) is 0 Å². The summed E-state index contributed by atoms with van der Waals surface area (Å²) in [6, 6.07) is -0.0813. The molecule has 15 atom stereocenters. The summed E-state index contributed by atoms with van der Waals surface area (Å²) in [5.41, 5.74) is -1.16. The number of nitrogens with zero attached hydrogens (tertiary/aromatic N) is 1. The van der Waals surface area contributed by atoms with Crippen molar-refractivity contribution in [3.63, 3.8) is 0 Å². The second kappa shape index (κ2) is 12.1. The van der Waals surface area contributed by atoms with E-state index in [1.807, 2.05) is 0 Å². The molecule has 0 aromatic carbocycles. The first kappa shape index (κ1) is 36.7. The molecule has 0 aromatic rings. The lowest BCUT2D eigenvalue weighted by molar-refractivity contribution is -0.251. The minimum Gasteiger partial charge on any atom is -0.457 e. The lowest BCUT2D eigenvalue weighted by Gasteiger charge is -2.64. The second-order valence-corrected chi connectivity index (χ2v) is 20.1. The third kappa shape index (κ3) is 5.14. The molecule has 0 bridgehead atoms. The van der Waals surface area contributed by atoms with Gasteiger partial charge in [-0.25, -0.2) is 0 Å². The quantitative estimate of drug-likeness (QED) is 0.332. The average molecular weight is 715 g/mol. The van der Waals surface area contributed by atoms with Gasteiger partial charge < -0.3 is 34.5 Å². The van der Waals surface area contributed by atoms with Crippen LogP contribution in [0.3, 0.4) is 0 Å². The minimum absolute atomic E-state index is 0.0157. The summed E-state index contributed by atoms with van der Waals surface area (Å²) in [5.74, 6) is 1.14. The maximum absolute atomic E-state index is 12.7. The molecule has 0 radical (unpaired) electrons. The molecule has 8 fully saturated rings. The molecule has 3 aliphatic heterocycles. The fourth-order valence-electron chi connectivity index (χ4n) is 14.9. The van der Waals surface area contributed by atoms with Gasteiger partial charge in [0.1, 0.15) is 0 Å². The van der Waals surface area contributed by atoms with Gasteiger partial charge in [-0.3, -0.25) is 14.5 Å². The van der Waals surface area contributed by atoms with E-state index in [4.69, 9.17) is 18.9 Å². The van der Waals surface area contributed by atoms with Crippen molar-refractivity contribution in [1.29, 1.82) is 0 Å². The summed E-state index contributed by atoms with van der Waals surface area (Å²) in [4.78, 5) is 27.1. The van der Waals surface area contributed by atoms with Crippen molar-refractivity contribution in [2.24, 2.45) is 50.7 Å². The second-order valence-electron chi connectivity index (χ2n) is 20.1. The number of carbonyl (C=O) groups is 2. The molecule has 0 aromatic heterocycles. The zero-order valence-corrected chi connectivity index (χ0v) is 32.5. The number of hydrogen-bond donors (Lipinski definition) is 3. The van der Waals surface area contributed by atoms with Crippen LogP contribution in [0.1, 0.15) is 120 Å². The van der Waals surface area contributed by atoms with E-state index in [1.54, 1.807) is 13.8 Å². The Labute approximate surface area is 305 Å². The summed E-state index contributed by atoms with van der Waals surface area (Å²) in [6.45, 7) is 19.5. The zero-order chi connectivity index (χ0) is 36.5. The molecule has 3 saturated heterocycles. The maximum atomic E-state index is 12.7. The van der Waals surface area contributed by atoms with Gasteiger partial charge in [-0.15, -0.1) is 0 Å². The van der Waals surface area contributed by atoms with Crippen LogP contribution in [-0.4, -0.2) is 102 Å². The zero-order valence-electron chi connectivity index (χ0n) is 32.5. The molecule has 8 rings (SSSR count). The normalized spacial score (nSPS) is 51.1. The van der Waals surface area contributed by atoms with Crippen LogP contribution >= 0.6 is 0 Å². The van der Waals surface area contributed by atoms with E-state index in [0.717, 1.165) is 58.0 Å². The topological polar surface area (TPSA) is 127 Å². The van der Waals surface area contributed by atoms with Crippen molar-refractivity contribution in [3.8, 4) is 0 Å². The van der Waals surface area contributed by atoms with Gasteiger partial charge in [-0.05, 0) is 123 Å². The van der Waals surface area contributed by atoms with Crippen LogP contribution in [0.5, 0.6) is 0 Å². The van der Waals surface area contributed by atoms with E-state index in [9.17, 15) is 19.8 Å². The number of amides is 1. The molecule has 5 aliphatic carbocycles. The van der Waals surface area contributed by atoms with Crippen molar-refractivity contribution in [2.45, 2.75) is 168 Å². The Morgan fingerprint density at radius 3 is 2.49 bits per heavy atom. The first-order valence-electron chi connectivity index (χ1n) is 20.4. The largest absolute Gasteiger partial charge is 0.457 e. The Kier molecular flexibility index (Phi) is 8.70. The summed E-state index contributed by atoms with van der Waals surface area (Å²) in [5, 5.41) is 26.7. The Balaban J connectivity index is 1.01. The summed E-state index contributed by atoms with van der Waals surface area (Å²) >= 11 is 0. The highest BCUT2D eigenvalue weighted by molar-refractivity contribution is 5.82. The number of aliphatic hydroxyl groups excluding tert-OH is 1. The van der Waals surface area contributed by atoms with E-state index in [1.165, 1.54) is 19.8 Å². The van der Waals surface area contributed by atoms with Crippen LogP contribution in [0, 0.1) is 50.7 Å². The van der Waals surface area contributed by atoms with Crippen molar-refractivity contribution < 1.29 is 38.7 Å². The molecule has 8 aliphatic rings. The number of esters is 1. The van der Waals surface area contributed by atoms with Gasteiger partial charge in [0.25, 0.3) is 0 Å². The van der Waals surface area contributed by atoms with Crippen LogP contribution < -0.4 is 5.32 Å². The molecule has 10 nitrogen and oxygen atoms in total. The molecule has 3 heterocycles. The number of fused-ring (bicyclic) bond motifs is 4. The van der Waals surface area contributed by atoms with E-state index in [0.29, 0.717) is 31.4 Å². The van der Waals surface area contributed by atoms with Crippen molar-refractivity contribution in [2.75, 3.05) is 26.2 Å². The third-order valence-corrected chi connectivity index (χ3v) is 17.2. The first-order valence-corrected chi connectivity index (χ1v) is 20.4. The number of aliphatic hydroxyl groups is 2. The predicted molar refractivity (Wildman–Crippen MR) is 190 cm³/mol. The number of hydrogen-bond acceptors (Lipinski definition) is 9. The Hall–Kier alpha value is -1.30. The predicted octanol–water partition coefficient (Wildman–Crippen LogP) is 4.82. The van der Waals surface area contributed by atoms with Gasteiger partial charge >= 0.3 is 5.97 Å². The fourth-order valence-corrected chi connectivity index (χ4v) is 14.9. The van der Waals surface area contributed by atoms with Gasteiger partial charge in [-0.1, -0.05) is 34.6 Å². The summed E-state index contributed by atoms with van der Waals surface area (Å²) in [7, 11) is 0. The van der Waals surface area contributed by atoms with Crippen LogP contribution in [0.2, 0.25) is 0 Å². The molecular formula is C41H66N2O8. The lowest BCUT2D eigenvalue weighted by Crippen LogP contribution is -2.60. The van der Waals surface area contributed by atoms with Crippen LogP contribution in [0.15, 0.2) is 0 Å². The standard InChI is InChI=1S/C41H66N2O8/c1-23-20-26(34(37(5,6)47)49-24(2)44)50-32-31(23)38(7)15-16-41-22-40(41)14-13-29(36(3,4)27(40)11-12-28(41)39(38,8)33(32)45)51-30-21-43(18-19-48-30)25-10-9-17-42-35(25)46/h23,25-34,45,47H,9-22H2,1-8H3,(H,42,46)/t23-,25?,26?,27+,28?,29?,30+,31+,32?,33+,34?,38?,39-,40?,41?/m1/s1. The smallest absolute Gasteiger partial charge is 0.303 e. The maximum Gasteiger partial charge on any atom is 0.303 e. The van der Waals surface area contributed by atoms with Gasteiger partial charge in [0.05, 0.1) is 49.2 Å². The molecule has 1 amide bonds. The van der Waals surface area contributed by atoms with E-state index in [-0.39, 0.29) is 69.4 Å². The molecule has 51 heavy (non-hydrogen) atoms. The van der Waals surface area contributed by atoms with Gasteiger partial charge in [0, 0.05) is 25.4 Å². The molecule has 288 valence electrons.